The number of esters is 1. The van der Waals surface area contributed by atoms with Crippen LogP contribution in [0.4, 0.5) is 10.1 Å². The zero-order chi connectivity index (χ0) is 29.2. The van der Waals surface area contributed by atoms with Crippen molar-refractivity contribution < 1.29 is 52.5 Å². The number of benzene rings is 1. The molecule has 0 spiro atoms. The molecule has 0 saturated carbocycles. The molecule has 0 fully saturated rings. The van der Waals surface area contributed by atoms with Crippen LogP contribution in [0.2, 0.25) is 5.02 Å². The molecule has 3 rings (SSSR count). The molecular weight excluding hydrogens is 562 g/mol. The minimum atomic E-state index is -4.10. The Hall–Kier alpha value is -2.83. The molecule has 4 N–H and O–H groups in total. The van der Waals surface area contributed by atoms with E-state index in [9.17, 15) is 28.1 Å². The molecule has 0 aromatic heterocycles. The number of imide groups is 1. The van der Waals surface area contributed by atoms with Gasteiger partial charge in [0.25, 0.3) is 11.8 Å². The molecule has 1 aliphatic heterocycles. The quantitative estimate of drug-likeness (QED) is 0.121. The fourth-order valence-corrected chi connectivity index (χ4v) is 4.39. The normalized spacial score (nSPS) is 15.1. The summed E-state index contributed by atoms with van der Waals surface area (Å²) in [6, 6.07) is 2.15. The number of amides is 2. The van der Waals surface area contributed by atoms with Gasteiger partial charge in [0.2, 0.25) is 0 Å². The lowest BCUT2D eigenvalue weighted by atomic mass is 9.93. The van der Waals surface area contributed by atoms with Crippen molar-refractivity contribution in [3.63, 3.8) is 0 Å². The van der Waals surface area contributed by atoms with Crippen LogP contribution < -0.4 is 15.0 Å². The molecule has 1 aromatic carbocycles. The molecule has 15 heteroatoms. The Morgan fingerprint density at radius 3 is 2.28 bits per heavy atom. The van der Waals surface area contributed by atoms with Gasteiger partial charge in [0.15, 0.2) is 6.61 Å². The van der Waals surface area contributed by atoms with Crippen LogP contribution in [0, 0.1) is 5.82 Å². The maximum absolute atomic E-state index is 14.5. The summed E-state index contributed by atoms with van der Waals surface area (Å²) < 4.78 is 35.0. The van der Waals surface area contributed by atoms with E-state index in [-0.39, 0.29) is 16.5 Å². The number of ether oxygens (including phenoxy) is 2. The Morgan fingerprint density at radius 2 is 1.74 bits per heavy atom. The monoisotopic (exact) mass is 592 g/mol. The van der Waals surface area contributed by atoms with Crippen molar-refractivity contribution in [3.8, 4) is 5.75 Å². The van der Waals surface area contributed by atoms with E-state index >= 15 is 0 Å². The Kier molecular flexibility index (Phi) is 12.5. The van der Waals surface area contributed by atoms with Gasteiger partial charge < -0.3 is 24.4 Å². The van der Waals surface area contributed by atoms with E-state index in [1.165, 1.54) is 6.07 Å². The lowest BCUT2D eigenvalue weighted by Gasteiger charge is -2.18. The summed E-state index contributed by atoms with van der Waals surface area (Å²) in [5.74, 6) is -3.55. The fraction of sp³-hybridized carbons (Fsp3) is 0.500. The van der Waals surface area contributed by atoms with E-state index in [2.05, 4.69) is 5.32 Å². The van der Waals surface area contributed by atoms with Crippen LogP contribution in [0.3, 0.4) is 0 Å². The highest BCUT2D eigenvalue weighted by Crippen LogP contribution is 2.39. The van der Waals surface area contributed by atoms with Gasteiger partial charge in [-0.1, -0.05) is 31.4 Å². The molecule has 1 heterocycles. The predicted molar refractivity (Wildman–Crippen MR) is 138 cm³/mol. The highest BCUT2D eigenvalue weighted by Gasteiger charge is 2.41. The van der Waals surface area contributed by atoms with Gasteiger partial charge in [0, 0.05) is 17.2 Å². The number of carbonyl (C=O) groups excluding carboxylic acids is 3. The van der Waals surface area contributed by atoms with Crippen molar-refractivity contribution in [2.24, 2.45) is 0 Å². The summed E-state index contributed by atoms with van der Waals surface area (Å²) in [6.07, 6.45) is 4.80. The second-order valence-electron chi connectivity index (χ2n) is 8.70. The number of carbonyl (C=O) groups is 4. The molecule has 0 saturated heterocycles. The minimum Gasteiger partial charge on any atom is -0.480 e. The molecule has 1 aliphatic carbocycles. The molecule has 2 amide bonds. The molecule has 0 radical (unpaired) electrons. The number of carboxylic acids is 1. The first-order valence-electron chi connectivity index (χ1n) is 12.2. The highest BCUT2D eigenvalue weighted by molar-refractivity contribution is 7.51. The first-order chi connectivity index (χ1) is 18.4. The fourth-order valence-electron chi connectivity index (χ4n) is 3.78. The van der Waals surface area contributed by atoms with Crippen LogP contribution in [0.1, 0.15) is 51.9 Å². The van der Waals surface area contributed by atoms with E-state index in [4.69, 9.17) is 36.0 Å². The molecule has 39 heavy (non-hydrogen) atoms. The van der Waals surface area contributed by atoms with Crippen LogP contribution in [-0.2, 0) is 28.5 Å². The van der Waals surface area contributed by atoms with E-state index in [0.717, 1.165) is 43.1 Å². The Morgan fingerprint density at radius 1 is 1.13 bits per heavy atom. The van der Waals surface area contributed by atoms with Crippen LogP contribution >= 0.6 is 19.2 Å². The molecule has 12 nitrogen and oxygen atoms in total. The molecule has 0 atom stereocenters. The molecule has 0 unspecified atom stereocenters. The lowest BCUT2D eigenvalue weighted by Crippen LogP contribution is -2.32. The highest BCUT2D eigenvalue weighted by atomic mass is 35.5. The number of hydrogen-bond acceptors (Lipinski definition) is 8. The summed E-state index contributed by atoms with van der Waals surface area (Å²) >= 11 is 6.02. The number of unbranched alkanes of at least 4 members (excludes halogenated alkanes) is 2. The lowest BCUT2D eigenvalue weighted by molar-refractivity contribution is -0.146. The van der Waals surface area contributed by atoms with E-state index in [1.54, 1.807) is 0 Å². The van der Waals surface area contributed by atoms with Crippen molar-refractivity contribution in [1.82, 2.24) is 5.32 Å². The van der Waals surface area contributed by atoms with Crippen molar-refractivity contribution in [2.75, 3.05) is 30.9 Å². The standard InChI is InChI=1S/C21H23ClFNO5.C3H8NO5P/c1-2-3-6-9-28-19(25)12-29-18-11-17(16(23)10-15(18)22)24-20(26)13-7-4-5-8-14(13)21(24)27;5-3(6)1-4-2-10(7,8)9/h10-11H,2-9,12H2,1H3;4H,1-2H2,(H,5,6)(H2,7,8,9). The first kappa shape index (κ1) is 32.4. The predicted octanol–water partition coefficient (Wildman–Crippen LogP) is 3.13. The SMILES string of the molecule is CCCCCOC(=O)COc1cc(N2C(=O)C3=C(CCCC3)C2=O)c(F)cc1Cl.O=C(O)CNCP(=O)(O)O. The van der Waals surface area contributed by atoms with Crippen LogP contribution in [-0.4, -0.2) is 64.7 Å². The van der Waals surface area contributed by atoms with Gasteiger partial charge in [-0.2, -0.15) is 0 Å². The van der Waals surface area contributed by atoms with E-state index in [0.29, 0.717) is 30.6 Å². The minimum absolute atomic E-state index is 0.000883. The summed E-state index contributed by atoms with van der Waals surface area (Å²) in [4.78, 5) is 64.1. The van der Waals surface area contributed by atoms with Gasteiger partial charge in [0.1, 0.15) is 11.6 Å². The number of halogens is 2. The van der Waals surface area contributed by atoms with E-state index in [1.807, 2.05) is 6.92 Å². The van der Waals surface area contributed by atoms with E-state index < -0.39 is 56.6 Å². The number of rotatable bonds is 12. The summed E-state index contributed by atoms with van der Waals surface area (Å²) in [5, 5.41) is 9.99. The van der Waals surface area contributed by atoms with Crippen molar-refractivity contribution in [1.29, 1.82) is 0 Å². The number of hydrogen-bond donors (Lipinski definition) is 4. The average molecular weight is 593 g/mol. The third-order valence-corrected chi connectivity index (χ3v) is 6.51. The first-order valence-corrected chi connectivity index (χ1v) is 14.4. The van der Waals surface area contributed by atoms with Crippen LogP contribution in [0.15, 0.2) is 23.3 Å². The molecule has 0 bridgehead atoms. The smallest absolute Gasteiger partial charge is 0.344 e. The third kappa shape index (κ3) is 10.0. The maximum Gasteiger partial charge on any atom is 0.344 e. The summed E-state index contributed by atoms with van der Waals surface area (Å²) in [7, 11) is -4.10. The zero-order valence-electron chi connectivity index (χ0n) is 21.3. The van der Waals surface area contributed by atoms with Crippen molar-refractivity contribution >= 4 is 48.6 Å². The number of carboxylic acid groups (broad SMARTS) is 1. The van der Waals surface area contributed by atoms with Crippen LogP contribution in [0.25, 0.3) is 0 Å². The van der Waals surface area contributed by atoms with Crippen molar-refractivity contribution in [2.45, 2.75) is 51.9 Å². The third-order valence-electron chi connectivity index (χ3n) is 5.58. The van der Waals surface area contributed by atoms with Gasteiger partial charge >= 0.3 is 19.5 Å². The topological polar surface area (TPSA) is 180 Å². The second kappa shape index (κ2) is 15.1. The molecular formula is C24H31ClFN2O10P. The zero-order valence-corrected chi connectivity index (χ0v) is 22.9. The average Bonchev–Trinajstić information content (AvgIpc) is 3.11. The summed E-state index contributed by atoms with van der Waals surface area (Å²) in [5.41, 5.74) is 0.674. The Bertz CT molecular complexity index is 1140. The Labute approximate surface area is 229 Å². The van der Waals surface area contributed by atoms with Gasteiger partial charge in [-0.05, 0) is 38.2 Å². The van der Waals surface area contributed by atoms with Gasteiger partial charge in [-0.3, -0.25) is 24.3 Å². The number of nitrogens with zero attached hydrogens (tertiary/aromatic N) is 1. The largest absolute Gasteiger partial charge is 0.480 e. The Balaban J connectivity index is 0.000000455. The number of anilines is 1. The maximum atomic E-state index is 14.5. The van der Waals surface area contributed by atoms with Gasteiger partial charge in [-0.25, -0.2) is 14.1 Å². The second-order valence-corrected chi connectivity index (χ2v) is 10.8. The van der Waals surface area contributed by atoms with Crippen LogP contribution in [0.5, 0.6) is 5.75 Å². The molecule has 2 aliphatic rings. The van der Waals surface area contributed by atoms with Gasteiger partial charge in [-0.15, -0.1) is 0 Å². The van der Waals surface area contributed by atoms with Crippen molar-refractivity contribution in [3.05, 3.63) is 34.1 Å². The number of aliphatic carboxylic acids is 1. The number of nitrogens with one attached hydrogen (secondary N) is 1. The molecule has 1 aromatic rings. The summed E-state index contributed by atoms with van der Waals surface area (Å²) in [6.45, 7) is 1.49. The molecule has 216 valence electrons. The van der Waals surface area contributed by atoms with Gasteiger partial charge in [0.05, 0.1) is 30.1 Å².